The molecule has 0 amide bonds. The zero-order chi connectivity index (χ0) is 10.9. The summed E-state index contributed by atoms with van der Waals surface area (Å²) in [5.41, 5.74) is -1.62. The molecule has 0 fully saturated rings. The smallest absolute Gasteiger partial charge is 0.229 e. The molecule has 13 heavy (non-hydrogen) atoms. The topological polar surface area (TPSA) is 60.2 Å². The molecular formula is C7H15F2NO2S. The average Bonchev–Trinajstić information content (AvgIpc) is 1.81. The predicted octanol–water partition coefficient (Wildman–Crippen LogP) is 1.35. The minimum Gasteiger partial charge on any atom is -0.229 e. The number of rotatable bonds is 4. The van der Waals surface area contributed by atoms with Crippen LogP contribution in [-0.2, 0) is 10.0 Å². The Kier molecular flexibility index (Phi) is 3.43. The molecule has 0 saturated carbocycles. The van der Waals surface area contributed by atoms with Crippen LogP contribution in [-0.4, -0.2) is 20.1 Å². The van der Waals surface area contributed by atoms with Crippen LogP contribution in [0.2, 0.25) is 0 Å². The first kappa shape index (κ1) is 12.8. The normalized spacial score (nSPS) is 14.6. The Bertz CT molecular complexity index is 272. The lowest BCUT2D eigenvalue weighted by molar-refractivity contribution is -0.0968. The Morgan fingerprint density at radius 1 is 1.31 bits per heavy atom. The van der Waals surface area contributed by atoms with Gasteiger partial charge in [-0.3, -0.25) is 0 Å². The van der Waals surface area contributed by atoms with Crippen LogP contribution in [0.3, 0.4) is 0 Å². The number of primary sulfonamides is 1. The van der Waals surface area contributed by atoms with Crippen LogP contribution in [0.25, 0.3) is 0 Å². The first-order valence-corrected chi connectivity index (χ1v) is 5.62. The molecule has 0 aliphatic heterocycles. The highest BCUT2D eigenvalue weighted by atomic mass is 32.2. The lowest BCUT2D eigenvalue weighted by atomic mass is 9.86. The minimum atomic E-state index is -3.86. The molecule has 0 spiro atoms. The Hall–Kier alpha value is -0.230. The summed E-state index contributed by atoms with van der Waals surface area (Å²) >= 11 is 0. The summed E-state index contributed by atoms with van der Waals surface area (Å²) in [4.78, 5) is 0. The fraction of sp³-hybridized carbons (Fsp3) is 1.00. The fourth-order valence-corrected chi connectivity index (χ4v) is 2.30. The lowest BCUT2D eigenvalue weighted by Crippen LogP contribution is -2.43. The van der Waals surface area contributed by atoms with Crippen molar-refractivity contribution in [2.24, 2.45) is 10.6 Å². The van der Waals surface area contributed by atoms with Gasteiger partial charge in [0.25, 0.3) is 5.92 Å². The number of hydrogen-bond acceptors (Lipinski definition) is 2. The number of hydrogen-bond donors (Lipinski definition) is 1. The van der Waals surface area contributed by atoms with Crippen molar-refractivity contribution in [3.8, 4) is 0 Å². The van der Waals surface area contributed by atoms with Gasteiger partial charge in [0.05, 0.1) is 5.75 Å². The fourth-order valence-electron chi connectivity index (χ4n) is 1.09. The monoisotopic (exact) mass is 215 g/mol. The summed E-state index contributed by atoms with van der Waals surface area (Å²) in [7, 11) is -3.86. The second-order valence-corrected chi connectivity index (χ2v) is 5.36. The van der Waals surface area contributed by atoms with Crippen LogP contribution < -0.4 is 5.14 Å². The summed E-state index contributed by atoms with van der Waals surface area (Å²) in [5.74, 6) is -3.72. The SMILES string of the molecule is CCC(F)(F)C(C)(C)CS(N)(=O)=O. The molecule has 0 aromatic rings. The zero-order valence-electron chi connectivity index (χ0n) is 7.97. The average molecular weight is 215 g/mol. The highest BCUT2D eigenvalue weighted by Crippen LogP contribution is 2.39. The van der Waals surface area contributed by atoms with Gasteiger partial charge >= 0.3 is 0 Å². The van der Waals surface area contributed by atoms with E-state index in [9.17, 15) is 17.2 Å². The van der Waals surface area contributed by atoms with Crippen molar-refractivity contribution in [2.45, 2.75) is 33.1 Å². The Morgan fingerprint density at radius 2 is 1.69 bits per heavy atom. The highest BCUT2D eigenvalue weighted by molar-refractivity contribution is 7.89. The molecule has 0 unspecified atom stereocenters. The van der Waals surface area contributed by atoms with Gasteiger partial charge in [0.15, 0.2) is 0 Å². The zero-order valence-corrected chi connectivity index (χ0v) is 8.79. The Labute approximate surface area is 77.4 Å². The molecule has 0 atom stereocenters. The van der Waals surface area contributed by atoms with Gasteiger partial charge in [-0.15, -0.1) is 0 Å². The van der Waals surface area contributed by atoms with E-state index in [1.807, 2.05) is 0 Å². The van der Waals surface area contributed by atoms with Crippen LogP contribution in [0, 0.1) is 5.41 Å². The Balaban J connectivity index is 4.78. The van der Waals surface area contributed by atoms with Crippen molar-refractivity contribution in [3.05, 3.63) is 0 Å². The van der Waals surface area contributed by atoms with E-state index in [2.05, 4.69) is 0 Å². The predicted molar refractivity (Wildman–Crippen MR) is 47.0 cm³/mol. The molecular weight excluding hydrogens is 200 g/mol. The minimum absolute atomic E-state index is 0.393. The van der Waals surface area contributed by atoms with E-state index in [4.69, 9.17) is 5.14 Å². The molecule has 0 rings (SSSR count). The largest absolute Gasteiger partial charge is 0.253 e. The number of nitrogens with two attached hydrogens (primary N) is 1. The van der Waals surface area contributed by atoms with Gasteiger partial charge in [0.1, 0.15) is 0 Å². The summed E-state index contributed by atoms with van der Waals surface area (Å²) in [6.45, 7) is 3.70. The molecule has 3 nitrogen and oxygen atoms in total. The quantitative estimate of drug-likeness (QED) is 0.769. The maximum absolute atomic E-state index is 13.1. The van der Waals surface area contributed by atoms with Crippen molar-refractivity contribution < 1.29 is 17.2 Å². The molecule has 0 heterocycles. The van der Waals surface area contributed by atoms with Gasteiger partial charge in [-0.1, -0.05) is 20.8 Å². The van der Waals surface area contributed by atoms with Crippen molar-refractivity contribution in [3.63, 3.8) is 0 Å². The van der Waals surface area contributed by atoms with Crippen LogP contribution >= 0.6 is 0 Å². The number of alkyl halides is 2. The lowest BCUT2D eigenvalue weighted by Gasteiger charge is -2.32. The maximum Gasteiger partial charge on any atom is 0.253 e. The van der Waals surface area contributed by atoms with E-state index in [-0.39, 0.29) is 0 Å². The van der Waals surface area contributed by atoms with E-state index in [0.29, 0.717) is 0 Å². The molecule has 0 saturated heterocycles. The van der Waals surface area contributed by atoms with Gasteiger partial charge in [-0.25, -0.2) is 22.3 Å². The Morgan fingerprint density at radius 3 is 1.92 bits per heavy atom. The number of halogens is 2. The standard InChI is InChI=1S/C7H15F2NO2S/c1-4-7(8,9)6(2,3)5-13(10,11)12/h4-5H2,1-3H3,(H2,10,11,12). The van der Waals surface area contributed by atoms with Crippen LogP contribution in [0.4, 0.5) is 8.78 Å². The van der Waals surface area contributed by atoms with Crippen molar-refractivity contribution in [2.75, 3.05) is 5.75 Å². The van der Waals surface area contributed by atoms with Crippen molar-refractivity contribution in [1.82, 2.24) is 0 Å². The van der Waals surface area contributed by atoms with Gasteiger partial charge in [0.2, 0.25) is 10.0 Å². The van der Waals surface area contributed by atoms with Gasteiger partial charge in [-0.2, -0.15) is 0 Å². The van der Waals surface area contributed by atoms with Gasteiger partial charge < -0.3 is 0 Å². The highest BCUT2D eigenvalue weighted by Gasteiger charge is 2.46. The van der Waals surface area contributed by atoms with E-state index < -0.39 is 33.5 Å². The van der Waals surface area contributed by atoms with Crippen LogP contribution in [0.15, 0.2) is 0 Å². The van der Waals surface area contributed by atoms with Gasteiger partial charge in [-0.05, 0) is 0 Å². The van der Waals surface area contributed by atoms with E-state index in [0.717, 1.165) is 0 Å². The maximum atomic E-state index is 13.1. The van der Waals surface area contributed by atoms with E-state index in [1.165, 1.54) is 20.8 Å². The molecule has 0 aliphatic rings. The summed E-state index contributed by atoms with van der Waals surface area (Å²) < 4.78 is 47.6. The van der Waals surface area contributed by atoms with E-state index in [1.54, 1.807) is 0 Å². The first-order chi connectivity index (χ1) is 5.52. The third-order valence-electron chi connectivity index (χ3n) is 2.00. The molecule has 80 valence electrons. The molecule has 0 aliphatic carbocycles. The molecule has 6 heteroatoms. The first-order valence-electron chi connectivity index (χ1n) is 3.90. The van der Waals surface area contributed by atoms with E-state index >= 15 is 0 Å². The number of sulfonamides is 1. The third kappa shape index (κ3) is 3.56. The summed E-state index contributed by atoms with van der Waals surface area (Å²) in [6, 6.07) is 0. The molecule has 0 aromatic carbocycles. The summed E-state index contributed by atoms with van der Waals surface area (Å²) in [5, 5.41) is 4.71. The van der Waals surface area contributed by atoms with Crippen LogP contribution in [0.5, 0.6) is 0 Å². The molecule has 0 bridgehead atoms. The molecule has 0 radical (unpaired) electrons. The summed E-state index contributed by atoms with van der Waals surface area (Å²) in [6.07, 6.45) is -0.393. The van der Waals surface area contributed by atoms with Crippen LogP contribution in [0.1, 0.15) is 27.2 Å². The third-order valence-corrected chi connectivity index (χ3v) is 3.12. The van der Waals surface area contributed by atoms with Crippen molar-refractivity contribution >= 4 is 10.0 Å². The molecule has 0 aromatic heterocycles. The molecule has 2 N–H and O–H groups in total. The second-order valence-electron chi connectivity index (χ2n) is 3.75. The van der Waals surface area contributed by atoms with Crippen molar-refractivity contribution in [1.29, 1.82) is 0 Å². The van der Waals surface area contributed by atoms with Gasteiger partial charge in [0, 0.05) is 11.8 Å². The second kappa shape index (κ2) is 3.49.